The van der Waals surface area contributed by atoms with E-state index in [1.54, 1.807) is 30.6 Å². The van der Waals surface area contributed by atoms with Crippen LogP contribution in [-0.2, 0) is 14.3 Å². The van der Waals surface area contributed by atoms with Crippen molar-refractivity contribution in [3.63, 3.8) is 0 Å². The van der Waals surface area contributed by atoms with Gasteiger partial charge >= 0.3 is 0 Å². The van der Waals surface area contributed by atoms with Crippen LogP contribution in [0.4, 0.5) is 0 Å². The fourth-order valence-electron chi connectivity index (χ4n) is 0.822. The first-order chi connectivity index (χ1) is 6.58. The molecule has 0 unspecified atom stereocenters. The predicted molar refractivity (Wildman–Crippen MR) is 54.1 cm³/mol. The van der Waals surface area contributed by atoms with Crippen LogP contribution in [0.1, 0.15) is 5.56 Å². The van der Waals surface area contributed by atoms with Gasteiger partial charge in [0.25, 0.3) is 10.1 Å². The molecular formula is C9H11NO3S. The van der Waals surface area contributed by atoms with Crippen LogP contribution in [0.3, 0.4) is 0 Å². The summed E-state index contributed by atoms with van der Waals surface area (Å²) in [5.74, 6) is 0. The summed E-state index contributed by atoms with van der Waals surface area (Å²) in [4.78, 5) is 3.90. The Labute approximate surface area is 83.4 Å². The van der Waals surface area contributed by atoms with Gasteiger partial charge in [0.2, 0.25) is 0 Å². The Kier molecular flexibility index (Phi) is 3.79. The van der Waals surface area contributed by atoms with Crippen molar-refractivity contribution in [1.29, 1.82) is 0 Å². The number of hydrogen-bond acceptors (Lipinski definition) is 4. The molecule has 0 fully saturated rings. The normalized spacial score (nSPS) is 12.1. The highest BCUT2D eigenvalue weighted by molar-refractivity contribution is 7.85. The molecule has 1 heterocycles. The van der Waals surface area contributed by atoms with Crippen LogP contribution in [0.2, 0.25) is 0 Å². The van der Waals surface area contributed by atoms with Gasteiger partial charge in [0.15, 0.2) is 0 Å². The lowest BCUT2D eigenvalue weighted by Crippen LogP contribution is -2.01. The molecule has 0 N–H and O–H groups in total. The molecule has 0 spiro atoms. The minimum atomic E-state index is -3.35. The Hall–Kier alpha value is -1.20. The standard InChI is InChI=1S/C9H11NO3S/c1-14(11,12)13-7-3-5-9-4-2-6-10-8-9/h2-6,8H,7H2,1H3. The summed E-state index contributed by atoms with van der Waals surface area (Å²) in [7, 11) is -3.35. The predicted octanol–water partition coefficient (Wildman–Crippen LogP) is 1.07. The van der Waals surface area contributed by atoms with Gasteiger partial charge < -0.3 is 0 Å². The van der Waals surface area contributed by atoms with E-state index in [-0.39, 0.29) is 6.61 Å². The quantitative estimate of drug-likeness (QED) is 0.702. The van der Waals surface area contributed by atoms with Crippen LogP contribution in [0.15, 0.2) is 30.6 Å². The van der Waals surface area contributed by atoms with Gasteiger partial charge in [0.05, 0.1) is 12.9 Å². The van der Waals surface area contributed by atoms with Gasteiger partial charge in [0.1, 0.15) is 0 Å². The summed E-state index contributed by atoms with van der Waals surface area (Å²) in [5.41, 5.74) is 0.907. The lowest BCUT2D eigenvalue weighted by atomic mass is 10.3. The Morgan fingerprint density at radius 3 is 2.93 bits per heavy atom. The van der Waals surface area contributed by atoms with Gasteiger partial charge in [-0.25, -0.2) is 0 Å². The first kappa shape index (κ1) is 10.9. The summed E-state index contributed by atoms with van der Waals surface area (Å²) in [6.07, 6.45) is 7.74. The van der Waals surface area contributed by atoms with E-state index in [2.05, 4.69) is 9.17 Å². The monoisotopic (exact) mass is 213 g/mol. The maximum absolute atomic E-state index is 10.6. The van der Waals surface area contributed by atoms with E-state index < -0.39 is 10.1 Å². The summed E-state index contributed by atoms with van der Waals surface area (Å²) in [6, 6.07) is 3.67. The Bertz CT molecular complexity index is 397. The molecule has 14 heavy (non-hydrogen) atoms. The van der Waals surface area contributed by atoms with Crippen LogP contribution in [0.5, 0.6) is 0 Å². The highest BCUT2D eigenvalue weighted by Gasteiger charge is 1.97. The number of aromatic nitrogens is 1. The number of rotatable bonds is 4. The van der Waals surface area contributed by atoms with E-state index in [9.17, 15) is 8.42 Å². The molecule has 0 saturated heterocycles. The Morgan fingerprint density at radius 1 is 1.57 bits per heavy atom. The molecule has 0 aromatic carbocycles. The van der Waals surface area contributed by atoms with Crippen molar-refractivity contribution in [3.05, 3.63) is 36.2 Å². The molecule has 1 rings (SSSR count). The van der Waals surface area contributed by atoms with Crippen molar-refractivity contribution in [2.45, 2.75) is 0 Å². The molecule has 0 aliphatic heterocycles. The third-order valence-electron chi connectivity index (χ3n) is 1.37. The van der Waals surface area contributed by atoms with Gasteiger partial charge in [0, 0.05) is 12.4 Å². The smallest absolute Gasteiger partial charge is 0.264 e. The van der Waals surface area contributed by atoms with E-state index >= 15 is 0 Å². The average Bonchev–Trinajstić information content (AvgIpc) is 2.13. The lowest BCUT2D eigenvalue weighted by Gasteiger charge is -1.94. The van der Waals surface area contributed by atoms with Gasteiger partial charge in [-0.05, 0) is 11.6 Å². The molecule has 76 valence electrons. The average molecular weight is 213 g/mol. The van der Waals surface area contributed by atoms with E-state index in [1.165, 1.54) is 0 Å². The van der Waals surface area contributed by atoms with Crippen LogP contribution in [-0.4, -0.2) is 26.3 Å². The molecule has 0 bridgehead atoms. The molecule has 5 heteroatoms. The molecule has 0 amide bonds. The maximum atomic E-state index is 10.6. The zero-order valence-electron chi connectivity index (χ0n) is 7.75. The van der Waals surface area contributed by atoms with E-state index in [1.807, 2.05) is 6.07 Å². The minimum Gasteiger partial charge on any atom is -0.266 e. The van der Waals surface area contributed by atoms with Crippen molar-refractivity contribution in [1.82, 2.24) is 4.98 Å². The molecule has 0 saturated carbocycles. The molecule has 0 atom stereocenters. The van der Waals surface area contributed by atoms with Gasteiger partial charge in [-0.1, -0.05) is 18.2 Å². The summed E-state index contributed by atoms with van der Waals surface area (Å²) in [6.45, 7) is 0.0493. The fraction of sp³-hybridized carbons (Fsp3) is 0.222. The van der Waals surface area contributed by atoms with Gasteiger partial charge in [-0.15, -0.1) is 0 Å². The molecule has 1 aromatic rings. The second-order valence-corrected chi connectivity index (χ2v) is 4.32. The lowest BCUT2D eigenvalue weighted by molar-refractivity contribution is 0.362. The van der Waals surface area contributed by atoms with E-state index in [0.717, 1.165) is 11.8 Å². The summed E-state index contributed by atoms with van der Waals surface area (Å²) >= 11 is 0. The highest BCUT2D eigenvalue weighted by atomic mass is 32.2. The largest absolute Gasteiger partial charge is 0.266 e. The van der Waals surface area contributed by atoms with Crippen molar-refractivity contribution in [2.75, 3.05) is 12.9 Å². The Balaban J connectivity index is 2.43. The molecule has 1 aromatic heterocycles. The topological polar surface area (TPSA) is 56.3 Å². The molecule has 4 nitrogen and oxygen atoms in total. The zero-order valence-corrected chi connectivity index (χ0v) is 8.57. The molecule has 0 aliphatic rings. The second kappa shape index (κ2) is 4.88. The van der Waals surface area contributed by atoms with Crippen molar-refractivity contribution < 1.29 is 12.6 Å². The third kappa shape index (κ3) is 4.74. The minimum absolute atomic E-state index is 0.0493. The van der Waals surface area contributed by atoms with E-state index in [0.29, 0.717) is 0 Å². The van der Waals surface area contributed by atoms with Gasteiger partial charge in [-0.3, -0.25) is 9.17 Å². The van der Waals surface area contributed by atoms with Crippen LogP contribution >= 0.6 is 0 Å². The number of pyridine rings is 1. The first-order valence-corrected chi connectivity index (χ1v) is 5.80. The van der Waals surface area contributed by atoms with Crippen LogP contribution in [0.25, 0.3) is 6.08 Å². The van der Waals surface area contributed by atoms with E-state index in [4.69, 9.17) is 0 Å². The molecule has 0 radical (unpaired) electrons. The van der Waals surface area contributed by atoms with Crippen molar-refractivity contribution >= 4 is 16.2 Å². The molecular weight excluding hydrogens is 202 g/mol. The maximum Gasteiger partial charge on any atom is 0.264 e. The summed E-state index contributed by atoms with van der Waals surface area (Å²) in [5, 5.41) is 0. The van der Waals surface area contributed by atoms with Crippen LogP contribution < -0.4 is 0 Å². The highest BCUT2D eigenvalue weighted by Crippen LogP contribution is 1.98. The van der Waals surface area contributed by atoms with Crippen molar-refractivity contribution in [3.8, 4) is 0 Å². The second-order valence-electron chi connectivity index (χ2n) is 2.68. The number of nitrogens with zero attached hydrogens (tertiary/aromatic N) is 1. The first-order valence-electron chi connectivity index (χ1n) is 3.99. The van der Waals surface area contributed by atoms with Crippen LogP contribution in [0, 0.1) is 0 Å². The fourth-order valence-corrected chi connectivity index (χ4v) is 1.15. The SMILES string of the molecule is CS(=O)(=O)OCC=Cc1cccnc1. The van der Waals surface area contributed by atoms with Crippen molar-refractivity contribution in [2.24, 2.45) is 0 Å². The zero-order chi connectivity index (χ0) is 10.4. The summed E-state index contributed by atoms with van der Waals surface area (Å²) < 4.78 is 25.7. The third-order valence-corrected chi connectivity index (χ3v) is 1.94. The Morgan fingerprint density at radius 2 is 2.36 bits per heavy atom. The number of hydrogen-bond donors (Lipinski definition) is 0. The molecule has 0 aliphatic carbocycles. The van der Waals surface area contributed by atoms with Gasteiger partial charge in [-0.2, -0.15) is 8.42 Å².